The zero-order valence-corrected chi connectivity index (χ0v) is 7.09. The van der Waals surface area contributed by atoms with Crippen LogP contribution in [0, 0.1) is 0 Å². The fourth-order valence-corrected chi connectivity index (χ4v) is 4.09. The van der Waals surface area contributed by atoms with Crippen molar-refractivity contribution >= 4 is 34.1 Å². The summed E-state index contributed by atoms with van der Waals surface area (Å²) in [4.78, 5) is 0. The smallest absolute Gasteiger partial charge is 0.152 e. The van der Waals surface area contributed by atoms with Gasteiger partial charge in [-0.25, -0.2) is 8.42 Å². The monoisotopic (exact) mass is 186 g/mol. The third-order valence-electron chi connectivity index (χ3n) is 1.26. The molecule has 0 aromatic rings. The van der Waals surface area contributed by atoms with E-state index in [0.29, 0.717) is 0 Å². The van der Waals surface area contributed by atoms with Crippen LogP contribution in [0.5, 0.6) is 0 Å². The van der Waals surface area contributed by atoms with E-state index < -0.39 is 9.84 Å². The van der Waals surface area contributed by atoms with Gasteiger partial charge in [-0.05, 0) is 0 Å². The summed E-state index contributed by atoms with van der Waals surface area (Å²) in [7, 11) is -2.85. The molecule has 1 fully saturated rings. The zero-order chi connectivity index (χ0) is 7.07. The maximum absolute atomic E-state index is 10.7. The van der Waals surface area contributed by atoms with Gasteiger partial charge in [0.25, 0.3) is 0 Å². The van der Waals surface area contributed by atoms with E-state index >= 15 is 0 Å². The van der Waals surface area contributed by atoms with E-state index in [4.69, 9.17) is 11.6 Å². The predicted octanol–water partition coefficient (Wildman–Crippen LogP) is 0.321. The second kappa shape index (κ2) is 2.32. The van der Waals surface area contributed by atoms with Gasteiger partial charge in [-0.1, -0.05) is 0 Å². The molecule has 0 unspecified atom stereocenters. The molecular formula is C4H7ClO2S2. The summed E-state index contributed by atoms with van der Waals surface area (Å²) in [6.45, 7) is 0. The molecule has 0 bridgehead atoms. The average molecular weight is 187 g/mol. The van der Waals surface area contributed by atoms with Crippen LogP contribution in [-0.4, -0.2) is 30.6 Å². The Bertz CT molecular complexity index is 183. The van der Waals surface area contributed by atoms with Crippen molar-refractivity contribution in [2.45, 2.75) is 10.6 Å². The Morgan fingerprint density at radius 1 is 1.44 bits per heavy atom. The lowest BCUT2D eigenvalue weighted by atomic mass is 10.4. The van der Waals surface area contributed by atoms with Gasteiger partial charge in [-0.2, -0.15) is 12.6 Å². The third kappa shape index (κ3) is 1.75. The first kappa shape index (κ1) is 7.69. The fourth-order valence-electron chi connectivity index (χ4n) is 0.786. The predicted molar refractivity (Wildman–Crippen MR) is 41.1 cm³/mol. The molecule has 9 heavy (non-hydrogen) atoms. The molecule has 1 aliphatic rings. The Morgan fingerprint density at radius 3 is 2.11 bits per heavy atom. The second-order valence-corrected chi connectivity index (χ2v) is 5.54. The van der Waals surface area contributed by atoms with Crippen LogP contribution in [0.4, 0.5) is 0 Å². The summed E-state index contributed by atoms with van der Waals surface area (Å²) in [5.41, 5.74) is 0. The lowest BCUT2D eigenvalue weighted by molar-refractivity contribution is 0.602. The molecule has 0 aromatic heterocycles. The molecule has 1 rings (SSSR count). The van der Waals surface area contributed by atoms with Gasteiger partial charge in [-0.3, -0.25) is 0 Å². The molecule has 2 nitrogen and oxygen atoms in total. The van der Waals surface area contributed by atoms with Crippen LogP contribution in [0.2, 0.25) is 0 Å². The molecule has 2 atom stereocenters. The molecule has 0 N–H and O–H groups in total. The van der Waals surface area contributed by atoms with Crippen LogP contribution in [0.15, 0.2) is 0 Å². The first-order chi connectivity index (χ1) is 4.01. The number of rotatable bonds is 0. The van der Waals surface area contributed by atoms with E-state index in [1.807, 2.05) is 0 Å². The van der Waals surface area contributed by atoms with Crippen LogP contribution in [-0.2, 0) is 9.84 Å². The standard InChI is InChI=1S/C4H7ClO2S2/c5-3-1-9(6,7)2-4(3)8/h3-4,8H,1-2H2/t3-,4-/m0/s1. The highest BCUT2D eigenvalue weighted by molar-refractivity contribution is 7.93. The number of halogens is 1. The highest BCUT2D eigenvalue weighted by Gasteiger charge is 2.33. The SMILES string of the molecule is O=S1(=O)C[C@H](S)[C@@H](Cl)C1. The maximum Gasteiger partial charge on any atom is 0.152 e. The molecule has 1 aliphatic heterocycles. The lowest BCUT2D eigenvalue weighted by Crippen LogP contribution is -2.09. The van der Waals surface area contributed by atoms with Crippen LogP contribution < -0.4 is 0 Å². The molecular weight excluding hydrogens is 180 g/mol. The van der Waals surface area contributed by atoms with E-state index in [0.717, 1.165) is 0 Å². The van der Waals surface area contributed by atoms with Crippen molar-refractivity contribution in [3.8, 4) is 0 Å². The van der Waals surface area contributed by atoms with Gasteiger partial charge in [0.15, 0.2) is 9.84 Å². The highest BCUT2D eigenvalue weighted by atomic mass is 35.5. The van der Waals surface area contributed by atoms with Gasteiger partial charge >= 0.3 is 0 Å². The third-order valence-corrected chi connectivity index (χ3v) is 4.60. The van der Waals surface area contributed by atoms with Crippen molar-refractivity contribution in [1.82, 2.24) is 0 Å². The summed E-state index contributed by atoms with van der Waals surface area (Å²) in [6.07, 6.45) is 0. The Morgan fingerprint density at radius 2 is 2.00 bits per heavy atom. The minimum Gasteiger partial charge on any atom is -0.229 e. The van der Waals surface area contributed by atoms with Crippen LogP contribution in [0.3, 0.4) is 0 Å². The molecule has 0 radical (unpaired) electrons. The number of hydrogen-bond acceptors (Lipinski definition) is 3. The largest absolute Gasteiger partial charge is 0.229 e. The van der Waals surface area contributed by atoms with Crippen LogP contribution in [0.25, 0.3) is 0 Å². The molecule has 0 aliphatic carbocycles. The van der Waals surface area contributed by atoms with Crippen LogP contribution in [0.1, 0.15) is 0 Å². The zero-order valence-electron chi connectivity index (χ0n) is 4.62. The number of thiol groups is 1. The summed E-state index contributed by atoms with van der Waals surface area (Å²) >= 11 is 9.58. The van der Waals surface area contributed by atoms with Crippen molar-refractivity contribution in [3.63, 3.8) is 0 Å². The van der Waals surface area contributed by atoms with Gasteiger partial charge in [0.2, 0.25) is 0 Å². The summed E-state index contributed by atoms with van der Waals surface area (Å²) in [6, 6.07) is 0. The maximum atomic E-state index is 10.7. The van der Waals surface area contributed by atoms with Gasteiger partial charge in [0, 0.05) is 5.25 Å². The second-order valence-electron chi connectivity index (χ2n) is 2.16. The topological polar surface area (TPSA) is 34.1 Å². The lowest BCUT2D eigenvalue weighted by Gasteiger charge is -1.98. The Balaban J connectivity index is 2.77. The number of alkyl halides is 1. The van der Waals surface area contributed by atoms with E-state index in [1.54, 1.807) is 0 Å². The van der Waals surface area contributed by atoms with E-state index in [-0.39, 0.29) is 22.1 Å². The first-order valence-electron chi connectivity index (χ1n) is 2.54. The minimum absolute atomic E-state index is 0.0860. The van der Waals surface area contributed by atoms with Crippen molar-refractivity contribution in [3.05, 3.63) is 0 Å². The fraction of sp³-hybridized carbons (Fsp3) is 1.00. The summed E-state index contributed by atoms with van der Waals surface area (Å²) in [5.74, 6) is 0.215. The minimum atomic E-state index is -2.85. The van der Waals surface area contributed by atoms with Crippen molar-refractivity contribution < 1.29 is 8.42 Å². The normalized spacial score (nSPS) is 41.1. The van der Waals surface area contributed by atoms with E-state index in [1.165, 1.54) is 0 Å². The quantitative estimate of drug-likeness (QED) is 0.437. The molecule has 0 amide bonds. The summed E-state index contributed by atoms with van der Waals surface area (Å²) in [5, 5.41) is -0.463. The highest BCUT2D eigenvalue weighted by Crippen LogP contribution is 2.21. The van der Waals surface area contributed by atoms with Gasteiger partial charge in [-0.15, -0.1) is 11.6 Å². The molecule has 0 spiro atoms. The Kier molecular flexibility index (Phi) is 1.99. The molecule has 1 saturated heterocycles. The molecule has 0 aromatic carbocycles. The first-order valence-corrected chi connectivity index (χ1v) is 5.31. The average Bonchev–Trinajstić information content (AvgIpc) is 1.79. The molecule has 1 heterocycles. The van der Waals surface area contributed by atoms with Gasteiger partial charge < -0.3 is 0 Å². The number of hydrogen-bond donors (Lipinski definition) is 1. The van der Waals surface area contributed by atoms with Gasteiger partial charge in [0.05, 0.1) is 16.9 Å². The molecule has 0 saturated carbocycles. The Labute approximate surface area is 64.9 Å². The van der Waals surface area contributed by atoms with Crippen molar-refractivity contribution in [2.24, 2.45) is 0 Å². The van der Waals surface area contributed by atoms with E-state index in [9.17, 15) is 8.42 Å². The van der Waals surface area contributed by atoms with Crippen molar-refractivity contribution in [2.75, 3.05) is 11.5 Å². The van der Waals surface area contributed by atoms with Gasteiger partial charge in [0.1, 0.15) is 0 Å². The Hall–Kier alpha value is 0.590. The molecule has 5 heteroatoms. The summed E-state index contributed by atoms with van der Waals surface area (Å²) < 4.78 is 21.4. The number of sulfone groups is 1. The van der Waals surface area contributed by atoms with E-state index in [2.05, 4.69) is 12.6 Å². The molecule has 54 valence electrons. The van der Waals surface area contributed by atoms with Crippen molar-refractivity contribution in [1.29, 1.82) is 0 Å². The van der Waals surface area contributed by atoms with Crippen LogP contribution >= 0.6 is 24.2 Å².